The van der Waals surface area contributed by atoms with E-state index in [1.165, 1.54) is 30.0 Å². The number of hydrogen-bond donors (Lipinski definition) is 3. The minimum atomic E-state index is -4.75. The molecule has 1 fully saturated rings. The Bertz CT molecular complexity index is 1410. The van der Waals surface area contributed by atoms with Crippen LogP contribution in [0.3, 0.4) is 0 Å². The van der Waals surface area contributed by atoms with E-state index < -0.39 is 60.1 Å². The van der Waals surface area contributed by atoms with E-state index in [2.05, 4.69) is 15.3 Å². The van der Waals surface area contributed by atoms with Crippen molar-refractivity contribution in [3.8, 4) is 5.75 Å². The average molecular weight is 539 g/mol. The van der Waals surface area contributed by atoms with Crippen molar-refractivity contribution in [2.75, 3.05) is 26.3 Å². The molecule has 1 aliphatic heterocycles. The number of benzene rings is 1. The molecule has 0 atom stereocenters. The molecule has 14 heteroatoms. The molecule has 1 saturated heterocycles. The lowest BCUT2D eigenvalue weighted by Gasteiger charge is -2.32. The van der Waals surface area contributed by atoms with E-state index in [9.17, 15) is 31.9 Å². The Hall–Kier alpha value is -3.94. The van der Waals surface area contributed by atoms with Gasteiger partial charge in [0.15, 0.2) is 12.4 Å². The van der Waals surface area contributed by atoms with Gasteiger partial charge in [-0.25, -0.2) is 9.37 Å². The highest BCUT2D eigenvalue weighted by atomic mass is 19.4. The highest BCUT2D eigenvalue weighted by Crippen LogP contribution is 2.29. The number of carbonyl (C=O) groups is 2. The van der Waals surface area contributed by atoms with Crippen LogP contribution in [-0.4, -0.2) is 74.9 Å². The molecule has 3 heterocycles. The number of rotatable bonds is 7. The molecular weight excluding hydrogens is 514 g/mol. The molecular formula is C24H25F4N5O5. The molecule has 0 radical (unpaired) electrons. The van der Waals surface area contributed by atoms with Crippen LogP contribution in [0.15, 0.2) is 29.1 Å². The third kappa shape index (κ3) is 5.96. The summed E-state index contributed by atoms with van der Waals surface area (Å²) in [5.74, 6) is -2.18. The summed E-state index contributed by atoms with van der Waals surface area (Å²) in [7, 11) is 0. The fourth-order valence-electron chi connectivity index (χ4n) is 4.35. The lowest BCUT2D eigenvalue weighted by molar-refractivity contribution is -0.153. The minimum Gasteiger partial charge on any atom is -0.481 e. The molecule has 2 aromatic heterocycles. The molecule has 0 bridgehead atoms. The lowest BCUT2D eigenvalue weighted by atomic mass is 10.0. The molecule has 0 spiro atoms. The maximum Gasteiger partial charge on any atom is 0.422 e. The Morgan fingerprint density at radius 3 is 2.61 bits per heavy atom. The summed E-state index contributed by atoms with van der Waals surface area (Å²) < 4.78 is 58.9. The number of aromatic amines is 1. The first-order valence-electron chi connectivity index (χ1n) is 11.7. The van der Waals surface area contributed by atoms with Crippen LogP contribution in [0.4, 0.5) is 17.6 Å². The van der Waals surface area contributed by atoms with Crippen molar-refractivity contribution in [2.45, 2.75) is 38.5 Å². The number of aliphatic hydroxyl groups is 1. The normalized spacial score (nSPS) is 14.6. The smallest absolute Gasteiger partial charge is 0.422 e. The Morgan fingerprint density at radius 2 is 1.97 bits per heavy atom. The monoisotopic (exact) mass is 539 g/mol. The predicted octanol–water partition coefficient (Wildman–Crippen LogP) is 1.87. The highest BCUT2D eigenvalue weighted by molar-refractivity contribution is 6.02. The molecule has 1 aromatic carbocycles. The quantitative estimate of drug-likeness (QED) is 0.393. The van der Waals surface area contributed by atoms with Gasteiger partial charge in [-0.3, -0.25) is 19.0 Å². The summed E-state index contributed by atoms with van der Waals surface area (Å²) in [6.45, 7) is -0.436. The summed E-state index contributed by atoms with van der Waals surface area (Å²) in [5.41, 5.74) is -0.868. The van der Waals surface area contributed by atoms with Gasteiger partial charge in [0.25, 0.3) is 11.5 Å². The first kappa shape index (κ1) is 27.1. The Morgan fingerprint density at radius 1 is 1.26 bits per heavy atom. The number of nitrogens with zero attached hydrogens (tertiary/aromatic N) is 3. The van der Waals surface area contributed by atoms with Gasteiger partial charge in [0.2, 0.25) is 5.91 Å². The standard InChI is InChI=1S/C24H25F4N5O5/c1-13-29-21-18(23(37)33(13)10-14-3-2-4-15(25)9-14)20(38-12-24(26,27)28)19(31-21)22(36)30-16-5-7-32(8-6-16)17(35)11-34/h2-4,9,16,31,34H,5-8,10-12H2,1H3,(H,30,36). The van der Waals surface area contributed by atoms with Gasteiger partial charge in [-0.15, -0.1) is 0 Å². The minimum absolute atomic E-state index is 0.109. The van der Waals surface area contributed by atoms with Crippen molar-refractivity contribution < 1.29 is 37.0 Å². The first-order chi connectivity index (χ1) is 18.0. The van der Waals surface area contributed by atoms with Gasteiger partial charge in [-0.05, 0) is 37.5 Å². The second-order valence-electron chi connectivity index (χ2n) is 8.92. The molecule has 0 unspecified atom stereocenters. The summed E-state index contributed by atoms with van der Waals surface area (Å²) >= 11 is 0. The van der Waals surface area contributed by atoms with Gasteiger partial charge in [0.05, 0.1) is 6.54 Å². The van der Waals surface area contributed by atoms with Crippen LogP contribution in [0.5, 0.6) is 5.75 Å². The summed E-state index contributed by atoms with van der Waals surface area (Å²) in [6.07, 6.45) is -4.04. The molecule has 38 heavy (non-hydrogen) atoms. The number of ether oxygens (including phenoxy) is 1. The third-order valence-electron chi connectivity index (χ3n) is 6.21. The average Bonchev–Trinajstić information content (AvgIpc) is 3.23. The van der Waals surface area contributed by atoms with Crippen LogP contribution >= 0.6 is 0 Å². The van der Waals surface area contributed by atoms with Crippen molar-refractivity contribution in [3.05, 3.63) is 57.5 Å². The zero-order chi connectivity index (χ0) is 27.6. The summed E-state index contributed by atoms with van der Waals surface area (Å²) in [5, 5.41) is 11.4. The number of aliphatic hydroxyl groups excluding tert-OH is 1. The van der Waals surface area contributed by atoms with Gasteiger partial charge in [0.1, 0.15) is 35.0 Å². The van der Waals surface area contributed by atoms with Crippen LogP contribution in [0.25, 0.3) is 11.0 Å². The number of H-pyrrole nitrogens is 1. The Balaban J connectivity index is 1.68. The number of aryl methyl sites for hydroxylation is 1. The molecule has 3 aromatic rings. The number of fused-ring (bicyclic) bond motifs is 1. The van der Waals surface area contributed by atoms with Gasteiger partial charge in [-0.2, -0.15) is 13.2 Å². The van der Waals surface area contributed by atoms with Crippen molar-refractivity contribution in [1.82, 2.24) is 24.8 Å². The third-order valence-corrected chi connectivity index (χ3v) is 6.21. The molecule has 1 aliphatic rings. The fourth-order valence-corrected chi connectivity index (χ4v) is 4.35. The van der Waals surface area contributed by atoms with E-state index in [-0.39, 0.29) is 36.5 Å². The van der Waals surface area contributed by atoms with Crippen molar-refractivity contribution in [2.24, 2.45) is 0 Å². The van der Waals surface area contributed by atoms with Crippen molar-refractivity contribution >= 4 is 22.8 Å². The first-order valence-corrected chi connectivity index (χ1v) is 11.7. The van der Waals surface area contributed by atoms with Crippen molar-refractivity contribution in [1.29, 1.82) is 0 Å². The van der Waals surface area contributed by atoms with E-state index in [1.54, 1.807) is 6.07 Å². The van der Waals surface area contributed by atoms with Crippen LogP contribution in [0.1, 0.15) is 34.7 Å². The predicted molar refractivity (Wildman–Crippen MR) is 126 cm³/mol. The number of amides is 2. The summed E-state index contributed by atoms with van der Waals surface area (Å²) in [4.78, 5) is 46.5. The summed E-state index contributed by atoms with van der Waals surface area (Å²) in [6, 6.07) is 5.07. The van der Waals surface area contributed by atoms with E-state index in [4.69, 9.17) is 9.84 Å². The fraction of sp³-hybridized carbons (Fsp3) is 0.417. The van der Waals surface area contributed by atoms with E-state index in [1.807, 2.05) is 0 Å². The lowest BCUT2D eigenvalue weighted by Crippen LogP contribution is -2.47. The second kappa shape index (κ2) is 10.8. The van der Waals surface area contributed by atoms with Crippen LogP contribution in [-0.2, 0) is 11.3 Å². The number of piperidine rings is 1. The van der Waals surface area contributed by atoms with Gasteiger partial charge in [0, 0.05) is 19.1 Å². The van der Waals surface area contributed by atoms with Crippen LogP contribution < -0.4 is 15.6 Å². The molecule has 10 nitrogen and oxygen atoms in total. The number of carbonyl (C=O) groups excluding carboxylic acids is 2. The number of hydrogen-bond acceptors (Lipinski definition) is 6. The van der Waals surface area contributed by atoms with Gasteiger partial charge in [-0.1, -0.05) is 12.1 Å². The number of halogens is 4. The Kier molecular flexibility index (Phi) is 7.71. The molecule has 0 aliphatic carbocycles. The van der Waals surface area contributed by atoms with E-state index >= 15 is 0 Å². The molecule has 0 saturated carbocycles. The molecule has 4 rings (SSSR count). The second-order valence-corrected chi connectivity index (χ2v) is 8.92. The SMILES string of the molecule is Cc1nc2[nH]c(C(=O)NC3CCN(C(=O)CO)CC3)c(OCC(F)(F)F)c2c(=O)n1Cc1cccc(F)c1. The molecule has 204 valence electrons. The zero-order valence-corrected chi connectivity index (χ0v) is 20.3. The van der Waals surface area contributed by atoms with Crippen LogP contribution in [0, 0.1) is 12.7 Å². The number of alkyl halides is 3. The van der Waals surface area contributed by atoms with E-state index in [0.717, 1.165) is 4.57 Å². The number of likely N-dealkylation sites (tertiary alicyclic amines) is 1. The van der Waals surface area contributed by atoms with Gasteiger partial charge < -0.3 is 25.0 Å². The topological polar surface area (TPSA) is 130 Å². The Labute approximate surface area is 213 Å². The number of aromatic nitrogens is 3. The maximum atomic E-state index is 13.7. The van der Waals surface area contributed by atoms with Crippen molar-refractivity contribution in [3.63, 3.8) is 0 Å². The van der Waals surface area contributed by atoms with Gasteiger partial charge >= 0.3 is 6.18 Å². The molecule has 2 amide bonds. The molecule has 3 N–H and O–H groups in total. The highest BCUT2D eigenvalue weighted by Gasteiger charge is 2.33. The number of nitrogens with one attached hydrogen (secondary N) is 2. The zero-order valence-electron chi connectivity index (χ0n) is 20.3. The van der Waals surface area contributed by atoms with E-state index in [0.29, 0.717) is 18.4 Å². The largest absolute Gasteiger partial charge is 0.481 e. The maximum absolute atomic E-state index is 13.7. The van der Waals surface area contributed by atoms with Crippen LogP contribution in [0.2, 0.25) is 0 Å².